The lowest BCUT2D eigenvalue weighted by atomic mass is 10.0. The predicted octanol–water partition coefficient (Wildman–Crippen LogP) is 3.46. The third-order valence-electron chi connectivity index (χ3n) is 3.35. The van der Waals surface area contributed by atoms with Gasteiger partial charge in [0, 0.05) is 23.6 Å². The zero-order valence-electron chi connectivity index (χ0n) is 12.5. The van der Waals surface area contributed by atoms with Crippen molar-refractivity contribution in [3.05, 3.63) is 36.0 Å². The average Bonchev–Trinajstić information content (AvgIpc) is 2.53. The van der Waals surface area contributed by atoms with Crippen molar-refractivity contribution in [2.75, 3.05) is 6.61 Å². The number of ketones is 1. The minimum atomic E-state index is -0.977. The molecule has 0 aliphatic carbocycles. The number of nitrogens with zero attached hydrogens (tertiary/aromatic N) is 1. The van der Waals surface area contributed by atoms with Crippen LogP contribution in [0.5, 0.6) is 5.75 Å². The number of aliphatic carboxylic acids is 1. The number of carboxylic acid groups (broad SMARTS) is 1. The van der Waals surface area contributed by atoms with E-state index in [4.69, 9.17) is 9.84 Å². The highest BCUT2D eigenvalue weighted by atomic mass is 16.5. The zero-order valence-corrected chi connectivity index (χ0v) is 12.5. The molecule has 5 nitrogen and oxygen atoms in total. The van der Waals surface area contributed by atoms with Crippen LogP contribution in [0.1, 0.15) is 43.0 Å². The van der Waals surface area contributed by atoms with Crippen molar-refractivity contribution in [1.82, 2.24) is 4.98 Å². The Bertz CT molecular complexity index is 681. The van der Waals surface area contributed by atoms with Gasteiger partial charge >= 0.3 is 5.97 Å². The molecule has 22 heavy (non-hydrogen) atoms. The van der Waals surface area contributed by atoms with Gasteiger partial charge in [-0.25, -0.2) is 0 Å². The lowest BCUT2D eigenvalue weighted by molar-refractivity contribution is -0.136. The van der Waals surface area contributed by atoms with Crippen molar-refractivity contribution in [2.24, 2.45) is 0 Å². The Morgan fingerprint density at radius 1 is 1.23 bits per heavy atom. The Labute approximate surface area is 128 Å². The molecule has 2 aromatic rings. The lowest BCUT2D eigenvalue weighted by Crippen LogP contribution is -2.05. The molecule has 0 atom stereocenters. The van der Waals surface area contributed by atoms with Gasteiger partial charge in [-0.15, -0.1) is 0 Å². The van der Waals surface area contributed by atoms with Gasteiger partial charge in [0.1, 0.15) is 11.3 Å². The number of carboxylic acids is 1. The highest BCUT2D eigenvalue weighted by Crippen LogP contribution is 2.28. The van der Waals surface area contributed by atoms with Gasteiger partial charge in [-0.1, -0.05) is 19.4 Å². The topological polar surface area (TPSA) is 76.5 Å². The second-order valence-corrected chi connectivity index (χ2v) is 5.03. The monoisotopic (exact) mass is 301 g/mol. The van der Waals surface area contributed by atoms with Crippen LogP contribution in [0, 0.1) is 0 Å². The Hall–Kier alpha value is -2.43. The fourth-order valence-electron chi connectivity index (χ4n) is 2.19. The van der Waals surface area contributed by atoms with Gasteiger partial charge in [-0.3, -0.25) is 14.6 Å². The van der Waals surface area contributed by atoms with Crippen molar-refractivity contribution >= 4 is 22.7 Å². The number of unbranched alkanes of at least 4 members (excludes halogenated alkanes) is 1. The largest absolute Gasteiger partial charge is 0.491 e. The molecular formula is C17H19NO4. The third-order valence-corrected chi connectivity index (χ3v) is 3.35. The maximum atomic E-state index is 12.2. The van der Waals surface area contributed by atoms with E-state index in [-0.39, 0.29) is 18.6 Å². The van der Waals surface area contributed by atoms with Gasteiger partial charge in [-0.05, 0) is 24.6 Å². The van der Waals surface area contributed by atoms with Crippen LogP contribution in [-0.4, -0.2) is 28.4 Å². The third kappa shape index (κ3) is 3.81. The number of carbonyl (C=O) groups excluding carboxylic acids is 1. The maximum absolute atomic E-state index is 12.2. The highest BCUT2D eigenvalue weighted by Gasteiger charge is 2.14. The van der Waals surface area contributed by atoms with Crippen LogP contribution < -0.4 is 4.74 Å². The zero-order chi connectivity index (χ0) is 15.9. The van der Waals surface area contributed by atoms with Crippen molar-refractivity contribution in [3.8, 4) is 5.75 Å². The first kappa shape index (κ1) is 15.9. The SMILES string of the molecule is CCCCOc1ccc(C(=O)CCC(=O)O)c2cccnc12. The highest BCUT2D eigenvalue weighted by molar-refractivity contribution is 6.09. The first-order valence-corrected chi connectivity index (χ1v) is 7.39. The predicted molar refractivity (Wildman–Crippen MR) is 83.3 cm³/mol. The van der Waals surface area contributed by atoms with Crippen molar-refractivity contribution in [3.63, 3.8) is 0 Å². The molecule has 1 aromatic heterocycles. The number of fused-ring (bicyclic) bond motifs is 1. The van der Waals surface area contributed by atoms with E-state index in [0.29, 0.717) is 28.8 Å². The van der Waals surface area contributed by atoms with Crippen LogP contribution in [0.3, 0.4) is 0 Å². The summed E-state index contributed by atoms with van der Waals surface area (Å²) in [7, 11) is 0. The summed E-state index contributed by atoms with van der Waals surface area (Å²) in [6.45, 7) is 2.69. The minimum absolute atomic E-state index is 0.0185. The van der Waals surface area contributed by atoms with Crippen LogP contribution in [0.4, 0.5) is 0 Å². The van der Waals surface area contributed by atoms with E-state index >= 15 is 0 Å². The van der Waals surface area contributed by atoms with Crippen LogP contribution in [-0.2, 0) is 4.79 Å². The number of aromatic nitrogens is 1. The summed E-state index contributed by atoms with van der Waals surface area (Å²) in [5.74, 6) is -0.519. The van der Waals surface area contributed by atoms with Gasteiger partial charge in [0.25, 0.3) is 0 Å². The van der Waals surface area contributed by atoms with Crippen LogP contribution in [0.2, 0.25) is 0 Å². The van der Waals surface area contributed by atoms with Crippen LogP contribution in [0.25, 0.3) is 10.9 Å². The van der Waals surface area contributed by atoms with E-state index in [1.54, 1.807) is 24.4 Å². The molecular weight excluding hydrogens is 282 g/mol. The number of ether oxygens (including phenoxy) is 1. The van der Waals surface area contributed by atoms with Crippen LogP contribution in [0.15, 0.2) is 30.5 Å². The Kier molecular flexibility index (Phi) is 5.47. The molecule has 1 aromatic carbocycles. The summed E-state index contributed by atoms with van der Waals surface area (Å²) in [6.07, 6.45) is 3.45. The second-order valence-electron chi connectivity index (χ2n) is 5.03. The summed E-state index contributed by atoms with van der Waals surface area (Å²) in [6, 6.07) is 6.99. The Morgan fingerprint density at radius 3 is 2.77 bits per heavy atom. The molecule has 0 spiro atoms. The summed E-state index contributed by atoms with van der Waals surface area (Å²) >= 11 is 0. The van der Waals surface area contributed by atoms with E-state index in [0.717, 1.165) is 12.8 Å². The molecule has 0 saturated carbocycles. The van der Waals surface area contributed by atoms with Crippen molar-refractivity contribution in [1.29, 1.82) is 0 Å². The van der Waals surface area contributed by atoms with Crippen molar-refractivity contribution < 1.29 is 19.4 Å². The Morgan fingerprint density at radius 2 is 2.05 bits per heavy atom. The quantitative estimate of drug-likeness (QED) is 0.597. The molecule has 0 amide bonds. The summed E-state index contributed by atoms with van der Waals surface area (Å²) in [4.78, 5) is 27.1. The molecule has 2 rings (SSSR count). The Balaban J connectivity index is 2.31. The standard InChI is InChI=1S/C17H19NO4/c1-2-3-11-22-15-8-6-12(14(19)7-9-16(20)21)13-5-4-10-18-17(13)15/h4-6,8,10H,2-3,7,9,11H2,1H3,(H,20,21). The first-order valence-electron chi connectivity index (χ1n) is 7.39. The van der Waals surface area contributed by atoms with E-state index in [9.17, 15) is 9.59 Å². The average molecular weight is 301 g/mol. The summed E-state index contributed by atoms with van der Waals surface area (Å²) in [5.41, 5.74) is 1.13. The maximum Gasteiger partial charge on any atom is 0.303 e. The van der Waals surface area contributed by atoms with Crippen molar-refractivity contribution in [2.45, 2.75) is 32.6 Å². The molecule has 0 fully saturated rings. The fraction of sp³-hybridized carbons (Fsp3) is 0.353. The molecule has 0 aliphatic rings. The number of benzene rings is 1. The molecule has 1 N–H and O–H groups in total. The molecule has 0 saturated heterocycles. The molecule has 1 heterocycles. The van der Waals surface area contributed by atoms with E-state index in [2.05, 4.69) is 11.9 Å². The smallest absolute Gasteiger partial charge is 0.303 e. The number of hydrogen-bond donors (Lipinski definition) is 1. The van der Waals surface area contributed by atoms with Gasteiger partial charge < -0.3 is 9.84 Å². The number of pyridine rings is 1. The van der Waals surface area contributed by atoms with Gasteiger partial charge in [0.15, 0.2) is 5.78 Å². The summed E-state index contributed by atoms with van der Waals surface area (Å²) in [5, 5.41) is 9.40. The molecule has 116 valence electrons. The normalized spacial score (nSPS) is 10.6. The van der Waals surface area contributed by atoms with Gasteiger partial charge in [0.05, 0.1) is 13.0 Å². The van der Waals surface area contributed by atoms with E-state index in [1.165, 1.54) is 0 Å². The first-order chi connectivity index (χ1) is 10.6. The minimum Gasteiger partial charge on any atom is -0.491 e. The molecule has 0 unspecified atom stereocenters. The van der Waals surface area contributed by atoms with Gasteiger partial charge in [0.2, 0.25) is 0 Å². The molecule has 0 aliphatic heterocycles. The number of rotatable bonds is 8. The second kappa shape index (κ2) is 7.54. The van der Waals surface area contributed by atoms with E-state index in [1.807, 2.05) is 6.07 Å². The van der Waals surface area contributed by atoms with Crippen LogP contribution >= 0.6 is 0 Å². The number of Topliss-reactive ketones (excluding diaryl/α,β-unsaturated/α-hetero) is 1. The van der Waals surface area contributed by atoms with E-state index < -0.39 is 5.97 Å². The number of hydrogen-bond acceptors (Lipinski definition) is 4. The number of carbonyl (C=O) groups is 2. The molecule has 5 heteroatoms. The lowest BCUT2D eigenvalue weighted by Gasteiger charge is -2.11. The molecule has 0 radical (unpaired) electrons. The fourth-order valence-corrected chi connectivity index (χ4v) is 2.19. The molecule has 0 bridgehead atoms. The summed E-state index contributed by atoms with van der Waals surface area (Å²) < 4.78 is 5.72. The van der Waals surface area contributed by atoms with Gasteiger partial charge in [-0.2, -0.15) is 0 Å².